The SMILES string of the molecule is CC1(C)OB(c2ccc3c(c2)N(CCCN2CCNCC2)NC3)OC1(C)C. The minimum absolute atomic E-state index is 0.302. The summed E-state index contributed by atoms with van der Waals surface area (Å²) in [6.07, 6.45) is 1.16. The molecule has 3 aliphatic heterocycles. The maximum atomic E-state index is 6.23. The molecule has 27 heavy (non-hydrogen) atoms. The van der Waals surface area contributed by atoms with Gasteiger partial charge in [0.1, 0.15) is 0 Å². The van der Waals surface area contributed by atoms with Gasteiger partial charge in [-0.05, 0) is 57.8 Å². The Bertz CT molecular complexity index is 660. The molecule has 1 aromatic carbocycles. The van der Waals surface area contributed by atoms with E-state index in [9.17, 15) is 0 Å². The third-order valence-corrected chi connectivity index (χ3v) is 6.45. The lowest BCUT2D eigenvalue weighted by molar-refractivity contribution is 0.00578. The Labute approximate surface area is 163 Å². The van der Waals surface area contributed by atoms with Gasteiger partial charge >= 0.3 is 7.12 Å². The summed E-state index contributed by atoms with van der Waals surface area (Å²) in [5.41, 5.74) is 6.63. The van der Waals surface area contributed by atoms with Gasteiger partial charge in [-0.15, -0.1) is 0 Å². The quantitative estimate of drug-likeness (QED) is 0.756. The number of nitrogens with zero attached hydrogens (tertiary/aromatic N) is 2. The van der Waals surface area contributed by atoms with Gasteiger partial charge in [-0.1, -0.05) is 12.1 Å². The van der Waals surface area contributed by atoms with Crippen LogP contribution >= 0.6 is 0 Å². The lowest BCUT2D eigenvalue weighted by Gasteiger charge is -2.32. The Morgan fingerprint density at radius 3 is 2.44 bits per heavy atom. The van der Waals surface area contributed by atoms with Crippen molar-refractivity contribution in [3.63, 3.8) is 0 Å². The third kappa shape index (κ3) is 3.89. The molecule has 2 N–H and O–H groups in total. The van der Waals surface area contributed by atoms with Crippen LogP contribution in [-0.4, -0.2) is 62.5 Å². The van der Waals surface area contributed by atoms with Crippen molar-refractivity contribution in [2.45, 2.75) is 51.9 Å². The molecule has 1 aromatic rings. The number of nitrogens with one attached hydrogen (secondary N) is 2. The topological polar surface area (TPSA) is 49.0 Å². The molecule has 2 fully saturated rings. The molecule has 0 aromatic heterocycles. The molecule has 0 amide bonds. The smallest absolute Gasteiger partial charge is 0.399 e. The van der Waals surface area contributed by atoms with Crippen molar-refractivity contribution >= 4 is 18.3 Å². The fourth-order valence-electron chi connectivity index (χ4n) is 3.96. The van der Waals surface area contributed by atoms with Crippen LogP contribution in [0, 0.1) is 0 Å². The average molecular weight is 372 g/mol. The molecule has 0 radical (unpaired) electrons. The highest BCUT2D eigenvalue weighted by molar-refractivity contribution is 6.62. The van der Waals surface area contributed by atoms with Crippen molar-refractivity contribution in [1.29, 1.82) is 0 Å². The van der Waals surface area contributed by atoms with E-state index in [1.807, 2.05) is 0 Å². The minimum Gasteiger partial charge on any atom is -0.399 e. The normalized spacial score (nSPS) is 24.4. The van der Waals surface area contributed by atoms with Crippen molar-refractivity contribution in [3.8, 4) is 0 Å². The van der Waals surface area contributed by atoms with Crippen LogP contribution in [0.3, 0.4) is 0 Å². The number of rotatable bonds is 5. The van der Waals surface area contributed by atoms with Crippen LogP contribution in [0.25, 0.3) is 0 Å². The molecule has 0 bridgehead atoms. The molecular formula is C20H33BN4O2. The van der Waals surface area contributed by atoms with Gasteiger partial charge < -0.3 is 24.5 Å². The molecule has 7 heteroatoms. The Kier molecular flexibility index (Phi) is 5.25. The minimum atomic E-state index is -0.308. The predicted molar refractivity (Wildman–Crippen MR) is 110 cm³/mol. The summed E-state index contributed by atoms with van der Waals surface area (Å²) in [6, 6.07) is 6.59. The van der Waals surface area contributed by atoms with Gasteiger partial charge in [0.05, 0.1) is 16.9 Å². The first-order valence-corrected chi connectivity index (χ1v) is 10.3. The number of hydrogen-bond acceptors (Lipinski definition) is 6. The predicted octanol–water partition coefficient (Wildman–Crippen LogP) is 1.11. The summed E-state index contributed by atoms with van der Waals surface area (Å²) >= 11 is 0. The maximum absolute atomic E-state index is 6.23. The summed E-state index contributed by atoms with van der Waals surface area (Å²) in [6.45, 7) is 16.0. The molecule has 0 unspecified atom stereocenters. The Balaban J connectivity index is 1.40. The molecule has 0 saturated carbocycles. The molecular weight excluding hydrogens is 339 g/mol. The molecule has 0 spiro atoms. The van der Waals surface area contributed by atoms with Crippen molar-refractivity contribution in [3.05, 3.63) is 23.8 Å². The van der Waals surface area contributed by atoms with Gasteiger partial charge in [-0.3, -0.25) is 0 Å². The fourth-order valence-corrected chi connectivity index (χ4v) is 3.96. The molecule has 0 atom stereocenters. The zero-order valence-electron chi connectivity index (χ0n) is 17.2. The molecule has 0 aliphatic carbocycles. The Morgan fingerprint density at radius 2 is 1.74 bits per heavy atom. The van der Waals surface area contributed by atoms with Crippen molar-refractivity contribution < 1.29 is 9.31 Å². The molecule has 4 rings (SSSR count). The van der Waals surface area contributed by atoms with E-state index < -0.39 is 0 Å². The van der Waals surface area contributed by atoms with Gasteiger partial charge in [0.25, 0.3) is 0 Å². The zero-order valence-corrected chi connectivity index (χ0v) is 17.2. The van der Waals surface area contributed by atoms with Crippen LogP contribution in [0.5, 0.6) is 0 Å². The van der Waals surface area contributed by atoms with Gasteiger partial charge in [0, 0.05) is 39.3 Å². The third-order valence-electron chi connectivity index (χ3n) is 6.45. The van der Waals surface area contributed by atoms with E-state index >= 15 is 0 Å². The highest BCUT2D eigenvalue weighted by Crippen LogP contribution is 2.37. The Morgan fingerprint density at radius 1 is 1.04 bits per heavy atom. The summed E-state index contributed by atoms with van der Waals surface area (Å²) in [5, 5.41) is 5.71. The van der Waals surface area contributed by atoms with E-state index in [2.05, 4.69) is 66.5 Å². The Hall–Kier alpha value is -1.12. The fraction of sp³-hybridized carbons (Fsp3) is 0.700. The molecule has 3 heterocycles. The molecule has 6 nitrogen and oxygen atoms in total. The average Bonchev–Trinajstić information content (AvgIpc) is 3.13. The first-order chi connectivity index (χ1) is 12.9. The summed E-state index contributed by atoms with van der Waals surface area (Å²) in [5.74, 6) is 0. The van der Waals surface area contributed by atoms with E-state index in [4.69, 9.17) is 9.31 Å². The molecule has 3 aliphatic rings. The highest BCUT2D eigenvalue weighted by atomic mass is 16.7. The largest absolute Gasteiger partial charge is 0.494 e. The second kappa shape index (κ2) is 7.37. The summed E-state index contributed by atoms with van der Waals surface area (Å²) in [4.78, 5) is 2.55. The highest BCUT2D eigenvalue weighted by Gasteiger charge is 2.51. The van der Waals surface area contributed by atoms with Crippen molar-refractivity contribution in [1.82, 2.24) is 15.6 Å². The lowest BCUT2D eigenvalue weighted by atomic mass is 9.78. The second-order valence-electron chi connectivity index (χ2n) is 8.91. The number of anilines is 1. The van der Waals surface area contributed by atoms with Crippen LogP contribution in [-0.2, 0) is 15.9 Å². The van der Waals surface area contributed by atoms with Crippen LogP contribution in [0.2, 0.25) is 0 Å². The van der Waals surface area contributed by atoms with Crippen molar-refractivity contribution in [2.75, 3.05) is 44.3 Å². The standard InChI is InChI=1S/C20H33BN4O2/c1-19(2)20(3,4)27-21(26-19)17-7-6-16-15-23-25(18(16)14-17)11-5-10-24-12-8-22-9-13-24/h6-7,14,22-23H,5,8-13,15H2,1-4H3. The van der Waals surface area contributed by atoms with E-state index in [1.165, 1.54) is 11.3 Å². The second-order valence-corrected chi connectivity index (χ2v) is 8.91. The maximum Gasteiger partial charge on any atom is 0.494 e. The van der Waals surface area contributed by atoms with Crippen molar-refractivity contribution in [2.24, 2.45) is 0 Å². The van der Waals surface area contributed by atoms with E-state index in [1.54, 1.807) is 0 Å². The van der Waals surface area contributed by atoms with Gasteiger partial charge in [0.15, 0.2) is 0 Å². The number of benzene rings is 1. The first-order valence-electron chi connectivity index (χ1n) is 10.3. The van der Waals surface area contributed by atoms with Crippen LogP contribution < -0.4 is 21.2 Å². The van der Waals surface area contributed by atoms with Crippen LogP contribution in [0.15, 0.2) is 18.2 Å². The first kappa shape index (κ1) is 19.2. The van der Waals surface area contributed by atoms with E-state index in [-0.39, 0.29) is 18.3 Å². The number of hydrogen-bond donors (Lipinski definition) is 2. The van der Waals surface area contributed by atoms with Crippen LogP contribution in [0.4, 0.5) is 5.69 Å². The van der Waals surface area contributed by atoms with E-state index in [0.29, 0.717) is 0 Å². The summed E-state index contributed by atoms with van der Waals surface area (Å²) in [7, 11) is -0.302. The number of fused-ring (bicyclic) bond motifs is 1. The summed E-state index contributed by atoms with van der Waals surface area (Å²) < 4.78 is 12.5. The molecule has 2 saturated heterocycles. The number of piperazine rings is 1. The van der Waals surface area contributed by atoms with Gasteiger partial charge in [-0.2, -0.15) is 0 Å². The molecule has 148 valence electrons. The monoisotopic (exact) mass is 372 g/mol. The van der Waals surface area contributed by atoms with Gasteiger partial charge in [0.2, 0.25) is 0 Å². The lowest BCUT2D eigenvalue weighted by Crippen LogP contribution is -2.44. The van der Waals surface area contributed by atoms with Gasteiger partial charge in [-0.25, -0.2) is 5.43 Å². The zero-order chi connectivity index (χ0) is 19.1. The number of hydrazine groups is 1. The van der Waals surface area contributed by atoms with Crippen LogP contribution in [0.1, 0.15) is 39.7 Å². The van der Waals surface area contributed by atoms with E-state index in [0.717, 1.165) is 57.7 Å².